The van der Waals surface area contributed by atoms with Gasteiger partial charge in [-0.2, -0.15) is 0 Å². The maximum Gasteiger partial charge on any atom is 0.253 e. The quantitative estimate of drug-likeness (QED) is 0.601. The van der Waals surface area contributed by atoms with E-state index < -0.39 is 0 Å². The SMILES string of the molecule is C[C@@H](CC1CC[C@@H](c2ccc(C(=O)N3CCC(O)CC3)cc2)C1)c1ccc(F)c(Cl)c1. The summed E-state index contributed by atoms with van der Waals surface area (Å²) >= 11 is 5.96. The van der Waals surface area contributed by atoms with Crippen LogP contribution in [-0.2, 0) is 0 Å². The highest BCUT2D eigenvalue weighted by atomic mass is 35.5. The molecule has 0 radical (unpaired) electrons. The molecule has 0 spiro atoms. The zero-order valence-corrected chi connectivity index (χ0v) is 18.8. The Kier molecular flexibility index (Phi) is 6.98. The zero-order chi connectivity index (χ0) is 22.0. The predicted octanol–water partition coefficient (Wildman–Crippen LogP) is 6.15. The number of rotatable bonds is 5. The molecule has 1 aliphatic heterocycles. The molecular formula is C26H31ClFNO2. The first kappa shape index (κ1) is 22.3. The summed E-state index contributed by atoms with van der Waals surface area (Å²) in [5.41, 5.74) is 3.14. The number of aliphatic hydroxyl groups excluding tert-OH is 1. The molecule has 2 aromatic carbocycles. The van der Waals surface area contributed by atoms with Crippen molar-refractivity contribution in [3.8, 4) is 0 Å². The Hall–Kier alpha value is -1.91. The molecule has 166 valence electrons. The summed E-state index contributed by atoms with van der Waals surface area (Å²) in [4.78, 5) is 14.5. The van der Waals surface area contributed by atoms with Crippen LogP contribution in [0.25, 0.3) is 0 Å². The van der Waals surface area contributed by atoms with E-state index in [9.17, 15) is 14.3 Å². The normalized spacial score (nSPS) is 23.2. The fraction of sp³-hybridized carbons (Fsp3) is 0.500. The number of amides is 1. The lowest BCUT2D eigenvalue weighted by molar-refractivity contribution is 0.0546. The molecule has 1 saturated heterocycles. The van der Waals surface area contributed by atoms with E-state index in [0.29, 0.717) is 43.7 Å². The van der Waals surface area contributed by atoms with Gasteiger partial charge in [0.1, 0.15) is 5.82 Å². The molecule has 3 atom stereocenters. The Morgan fingerprint density at radius 2 is 1.84 bits per heavy atom. The number of likely N-dealkylation sites (tertiary alicyclic amines) is 1. The molecule has 0 bridgehead atoms. The van der Waals surface area contributed by atoms with Crippen molar-refractivity contribution in [1.82, 2.24) is 4.90 Å². The van der Waals surface area contributed by atoms with Crippen LogP contribution in [-0.4, -0.2) is 35.1 Å². The van der Waals surface area contributed by atoms with Gasteiger partial charge in [0.2, 0.25) is 0 Å². The minimum Gasteiger partial charge on any atom is -0.393 e. The number of carbonyl (C=O) groups excluding carboxylic acids is 1. The number of aliphatic hydroxyl groups is 1. The molecule has 4 rings (SSSR count). The van der Waals surface area contributed by atoms with Gasteiger partial charge in [-0.25, -0.2) is 4.39 Å². The van der Waals surface area contributed by atoms with Gasteiger partial charge in [0, 0.05) is 18.7 Å². The number of hydrogen-bond donors (Lipinski definition) is 1. The van der Waals surface area contributed by atoms with Gasteiger partial charge >= 0.3 is 0 Å². The molecule has 2 aliphatic rings. The van der Waals surface area contributed by atoms with E-state index in [1.807, 2.05) is 23.1 Å². The van der Waals surface area contributed by atoms with Crippen molar-refractivity contribution >= 4 is 17.5 Å². The van der Waals surface area contributed by atoms with Gasteiger partial charge in [-0.15, -0.1) is 0 Å². The number of halogens is 2. The van der Waals surface area contributed by atoms with Crippen LogP contribution in [0.4, 0.5) is 4.39 Å². The molecule has 31 heavy (non-hydrogen) atoms. The van der Waals surface area contributed by atoms with Crippen LogP contribution in [0.3, 0.4) is 0 Å². The Labute approximate surface area is 189 Å². The maximum atomic E-state index is 13.4. The summed E-state index contributed by atoms with van der Waals surface area (Å²) in [5, 5.41) is 9.84. The summed E-state index contributed by atoms with van der Waals surface area (Å²) in [6.07, 6.45) is 5.64. The van der Waals surface area contributed by atoms with E-state index in [0.717, 1.165) is 24.0 Å². The largest absolute Gasteiger partial charge is 0.393 e. The third-order valence-corrected chi connectivity index (χ3v) is 7.41. The highest BCUT2D eigenvalue weighted by Gasteiger charge is 2.28. The van der Waals surface area contributed by atoms with Gasteiger partial charge in [0.05, 0.1) is 11.1 Å². The molecule has 1 N–H and O–H groups in total. The lowest BCUT2D eigenvalue weighted by Crippen LogP contribution is -2.40. The third-order valence-electron chi connectivity index (χ3n) is 7.12. The summed E-state index contributed by atoms with van der Waals surface area (Å²) in [5.74, 6) is 1.23. The van der Waals surface area contributed by atoms with Gasteiger partial charge in [-0.05, 0) is 91.7 Å². The highest BCUT2D eigenvalue weighted by Crippen LogP contribution is 2.42. The Morgan fingerprint density at radius 1 is 1.13 bits per heavy atom. The standard InChI is InChI=1S/C26H31ClFNO2/c1-17(21-8-9-25(28)24(27)16-21)14-18-2-3-22(15-18)19-4-6-20(7-5-19)26(31)29-12-10-23(30)11-13-29/h4-9,16-18,22-23,30H,2-3,10-15H2,1H3/t17-,18?,22+/m0/s1. The number of hydrogen-bond acceptors (Lipinski definition) is 2. The van der Waals surface area contributed by atoms with E-state index in [4.69, 9.17) is 11.6 Å². The maximum absolute atomic E-state index is 13.4. The molecule has 1 amide bonds. The fourth-order valence-corrected chi connectivity index (χ4v) is 5.39. The molecule has 5 heteroatoms. The van der Waals surface area contributed by atoms with Crippen molar-refractivity contribution in [2.45, 2.75) is 63.4 Å². The monoisotopic (exact) mass is 443 g/mol. The van der Waals surface area contributed by atoms with E-state index in [1.165, 1.54) is 24.5 Å². The first-order chi connectivity index (χ1) is 14.9. The minimum absolute atomic E-state index is 0.0644. The minimum atomic E-state index is -0.363. The van der Waals surface area contributed by atoms with E-state index >= 15 is 0 Å². The molecular weight excluding hydrogens is 413 g/mol. The van der Waals surface area contributed by atoms with Crippen molar-refractivity contribution in [2.75, 3.05) is 13.1 Å². The number of nitrogens with zero attached hydrogens (tertiary/aromatic N) is 1. The summed E-state index contributed by atoms with van der Waals surface area (Å²) in [7, 11) is 0. The van der Waals surface area contributed by atoms with E-state index in [2.05, 4.69) is 19.1 Å². The molecule has 1 aliphatic carbocycles. The second kappa shape index (κ2) is 9.70. The molecule has 2 fully saturated rings. The number of benzene rings is 2. The van der Waals surface area contributed by atoms with Gasteiger partial charge in [0.15, 0.2) is 0 Å². The van der Waals surface area contributed by atoms with Gasteiger partial charge in [-0.1, -0.05) is 36.7 Å². The Morgan fingerprint density at radius 3 is 2.52 bits per heavy atom. The van der Waals surface area contributed by atoms with Crippen molar-refractivity contribution in [2.24, 2.45) is 5.92 Å². The lowest BCUT2D eigenvalue weighted by atomic mass is 9.88. The Balaban J connectivity index is 1.32. The number of piperidine rings is 1. The van der Waals surface area contributed by atoms with Crippen LogP contribution >= 0.6 is 11.6 Å². The Bertz CT molecular complexity index is 908. The second-order valence-corrected chi connectivity index (χ2v) is 9.74. The summed E-state index contributed by atoms with van der Waals surface area (Å²) < 4.78 is 13.4. The molecule has 1 saturated carbocycles. The van der Waals surface area contributed by atoms with Crippen molar-refractivity contribution in [1.29, 1.82) is 0 Å². The van der Waals surface area contributed by atoms with Crippen LogP contribution < -0.4 is 0 Å². The summed E-state index contributed by atoms with van der Waals surface area (Å²) in [6, 6.07) is 13.2. The van der Waals surface area contributed by atoms with Gasteiger partial charge < -0.3 is 10.0 Å². The average molecular weight is 444 g/mol. The topological polar surface area (TPSA) is 40.5 Å². The predicted molar refractivity (Wildman–Crippen MR) is 122 cm³/mol. The summed E-state index contributed by atoms with van der Waals surface area (Å²) in [6.45, 7) is 3.45. The fourth-order valence-electron chi connectivity index (χ4n) is 5.20. The van der Waals surface area contributed by atoms with Crippen LogP contribution in [0.1, 0.15) is 78.8 Å². The van der Waals surface area contributed by atoms with Crippen LogP contribution in [0.5, 0.6) is 0 Å². The third kappa shape index (κ3) is 5.30. The van der Waals surface area contributed by atoms with Crippen molar-refractivity contribution in [3.63, 3.8) is 0 Å². The van der Waals surface area contributed by atoms with Crippen LogP contribution in [0, 0.1) is 11.7 Å². The van der Waals surface area contributed by atoms with Crippen molar-refractivity contribution in [3.05, 3.63) is 70.0 Å². The molecule has 0 aromatic heterocycles. The first-order valence-corrected chi connectivity index (χ1v) is 11.8. The smallest absolute Gasteiger partial charge is 0.253 e. The van der Waals surface area contributed by atoms with E-state index in [-0.39, 0.29) is 22.9 Å². The van der Waals surface area contributed by atoms with Gasteiger partial charge in [0.25, 0.3) is 5.91 Å². The van der Waals surface area contributed by atoms with Gasteiger partial charge in [-0.3, -0.25) is 4.79 Å². The van der Waals surface area contributed by atoms with Crippen LogP contribution in [0.15, 0.2) is 42.5 Å². The molecule has 1 unspecified atom stereocenters. The van der Waals surface area contributed by atoms with E-state index in [1.54, 1.807) is 6.07 Å². The molecule has 3 nitrogen and oxygen atoms in total. The molecule has 2 aromatic rings. The lowest BCUT2D eigenvalue weighted by Gasteiger charge is -2.29. The zero-order valence-electron chi connectivity index (χ0n) is 18.1. The van der Waals surface area contributed by atoms with Crippen LogP contribution in [0.2, 0.25) is 5.02 Å². The highest BCUT2D eigenvalue weighted by molar-refractivity contribution is 6.30. The first-order valence-electron chi connectivity index (χ1n) is 11.4. The molecule has 1 heterocycles. The van der Waals surface area contributed by atoms with Crippen molar-refractivity contribution < 1.29 is 14.3 Å². The average Bonchev–Trinajstić information content (AvgIpc) is 3.24. The number of carbonyl (C=O) groups is 1. The second-order valence-electron chi connectivity index (χ2n) is 9.33.